The fourth-order valence-corrected chi connectivity index (χ4v) is 2.99. The molecule has 1 unspecified atom stereocenters. The summed E-state index contributed by atoms with van der Waals surface area (Å²) in [5.41, 5.74) is 9.20. The predicted molar refractivity (Wildman–Crippen MR) is 84.1 cm³/mol. The normalized spacial score (nSPS) is 13.8. The number of aryl methyl sites for hydroxylation is 2. The largest absolute Gasteiger partial charge is 0.496 e. The van der Waals surface area contributed by atoms with Crippen LogP contribution in [0.4, 0.5) is 4.39 Å². The van der Waals surface area contributed by atoms with Crippen LogP contribution in [0.15, 0.2) is 36.4 Å². The Balaban J connectivity index is 2.75. The lowest BCUT2D eigenvalue weighted by molar-refractivity contribution is 0.386. The Bertz CT molecular complexity index is 654. The van der Waals surface area contributed by atoms with Crippen molar-refractivity contribution >= 4 is 0 Å². The lowest BCUT2D eigenvalue weighted by atomic mass is 9.78. The maximum absolute atomic E-state index is 14.3. The molecule has 0 bridgehead atoms. The Morgan fingerprint density at radius 3 is 2.43 bits per heavy atom. The molecule has 0 aliphatic rings. The molecule has 2 nitrogen and oxygen atoms in total. The van der Waals surface area contributed by atoms with E-state index in [1.54, 1.807) is 19.2 Å². The van der Waals surface area contributed by atoms with Gasteiger partial charge in [-0.05, 0) is 43.5 Å². The van der Waals surface area contributed by atoms with Crippen LogP contribution in [0.5, 0.6) is 5.75 Å². The number of hydrogen-bond acceptors (Lipinski definition) is 2. The van der Waals surface area contributed by atoms with E-state index in [0.29, 0.717) is 17.7 Å². The van der Waals surface area contributed by atoms with E-state index < -0.39 is 5.54 Å². The first-order valence-electron chi connectivity index (χ1n) is 7.13. The summed E-state index contributed by atoms with van der Waals surface area (Å²) < 4.78 is 19.8. The van der Waals surface area contributed by atoms with E-state index >= 15 is 0 Å². The maximum Gasteiger partial charge on any atom is 0.128 e. The van der Waals surface area contributed by atoms with Crippen LogP contribution in [0.3, 0.4) is 0 Å². The minimum absolute atomic E-state index is 0.288. The third kappa shape index (κ3) is 2.66. The highest BCUT2D eigenvalue weighted by molar-refractivity contribution is 5.52. The molecule has 2 N–H and O–H groups in total. The number of nitrogens with two attached hydrogens (primary N) is 1. The average molecular weight is 287 g/mol. The highest BCUT2D eigenvalue weighted by Crippen LogP contribution is 2.39. The van der Waals surface area contributed by atoms with Gasteiger partial charge in [-0.3, -0.25) is 0 Å². The van der Waals surface area contributed by atoms with Crippen LogP contribution in [0.2, 0.25) is 0 Å². The van der Waals surface area contributed by atoms with Gasteiger partial charge in [0.25, 0.3) is 0 Å². The van der Waals surface area contributed by atoms with Crippen molar-refractivity contribution in [2.24, 2.45) is 5.73 Å². The van der Waals surface area contributed by atoms with Gasteiger partial charge in [-0.25, -0.2) is 4.39 Å². The number of hydrogen-bond donors (Lipinski definition) is 1. The second kappa shape index (κ2) is 5.86. The second-order valence-electron chi connectivity index (χ2n) is 5.46. The molecule has 0 saturated heterocycles. The third-order valence-electron chi connectivity index (χ3n) is 4.02. The number of halogens is 1. The highest BCUT2D eigenvalue weighted by atomic mass is 19.1. The lowest BCUT2D eigenvalue weighted by Crippen LogP contribution is -2.39. The minimum atomic E-state index is -0.908. The molecule has 2 rings (SSSR count). The van der Waals surface area contributed by atoms with Gasteiger partial charge in [0.2, 0.25) is 0 Å². The number of methoxy groups -OCH3 is 1. The van der Waals surface area contributed by atoms with Crippen LogP contribution in [-0.2, 0) is 5.54 Å². The highest BCUT2D eigenvalue weighted by Gasteiger charge is 2.34. The Hall–Kier alpha value is -1.87. The van der Waals surface area contributed by atoms with Crippen molar-refractivity contribution in [2.45, 2.75) is 32.7 Å². The molecule has 0 saturated carbocycles. The predicted octanol–water partition coefficient (Wildman–Crippen LogP) is 4.06. The van der Waals surface area contributed by atoms with Gasteiger partial charge in [-0.2, -0.15) is 0 Å². The van der Waals surface area contributed by atoms with E-state index in [9.17, 15) is 4.39 Å². The van der Waals surface area contributed by atoms with E-state index in [1.807, 2.05) is 32.9 Å². The number of rotatable bonds is 4. The lowest BCUT2D eigenvalue weighted by Gasteiger charge is -2.33. The van der Waals surface area contributed by atoms with Gasteiger partial charge in [-0.15, -0.1) is 0 Å². The van der Waals surface area contributed by atoms with Gasteiger partial charge < -0.3 is 10.5 Å². The molecule has 0 amide bonds. The molecule has 0 aliphatic carbocycles. The van der Waals surface area contributed by atoms with Crippen molar-refractivity contribution in [3.8, 4) is 5.75 Å². The van der Waals surface area contributed by atoms with Gasteiger partial charge >= 0.3 is 0 Å². The zero-order valence-corrected chi connectivity index (χ0v) is 13.0. The maximum atomic E-state index is 14.3. The molecular formula is C18H22FNO. The molecule has 0 radical (unpaired) electrons. The van der Waals surface area contributed by atoms with E-state index in [4.69, 9.17) is 10.5 Å². The Morgan fingerprint density at radius 2 is 1.86 bits per heavy atom. The van der Waals surface area contributed by atoms with Crippen LogP contribution in [0, 0.1) is 19.7 Å². The molecule has 1 atom stereocenters. The van der Waals surface area contributed by atoms with Crippen molar-refractivity contribution in [3.05, 3.63) is 64.5 Å². The van der Waals surface area contributed by atoms with Crippen LogP contribution >= 0.6 is 0 Å². The number of benzene rings is 2. The number of ether oxygens (including phenoxy) is 1. The SMILES string of the molecule is CCC(N)(c1ccccc1F)c1c(C)cc(C)cc1OC. The Labute approximate surface area is 125 Å². The summed E-state index contributed by atoms with van der Waals surface area (Å²) >= 11 is 0. The summed E-state index contributed by atoms with van der Waals surface area (Å²) in [6, 6.07) is 10.7. The van der Waals surface area contributed by atoms with Gasteiger partial charge in [0.15, 0.2) is 0 Å². The molecule has 0 fully saturated rings. The summed E-state index contributed by atoms with van der Waals surface area (Å²) in [4.78, 5) is 0. The van der Waals surface area contributed by atoms with Crippen molar-refractivity contribution in [2.75, 3.05) is 7.11 Å². The first-order valence-corrected chi connectivity index (χ1v) is 7.13. The first kappa shape index (κ1) is 15.5. The molecule has 0 aromatic heterocycles. The summed E-state index contributed by atoms with van der Waals surface area (Å²) in [7, 11) is 1.62. The molecule has 112 valence electrons. The summed E-state index contributed by atoms with van der Waals surface area (Å²) in [6.45, 7) is 5.96. The fraction of sp³-hybridized carbons (Fsp3) is 0.333. The molecule has 2 aromatic carbocycles. The quantitative estimate of drug-likeness (QED) is 0.920. The molecule has 21 heavy (non-hydrogen) atoms. The fourth-order valence-electron chi connectivity index (χ4n) is 2.99. The topological polar surface area (TPSA) is 35.2 Å². The summed E-state index contributed by atoms with van der Waals surface area (Å²) in [5.74, 6) is 0.420. The minimum Gasteiger partial charge on any atom is -0.496 e. The molecule has 0 spiro atoms. The third-order valence-corrected chi connectivity index (χ3v) is 4.02. The molecule has 0 heterocycles. The van der Waals surface area contributed by atoms with Crippen LogP contribution < -0.4 is 10.5 Å². The van der Waals surface area contributed by atoms with Gasteiger partial charge in [0.05, 0.1) is 12.6 Å². The van der Waals surface area contributed by atoms with E-state index in [0.717, 1.165) is 16.7 Å². The molecule has 0 aliphatic heterocycles. The molecular weight excluding hydrogens is 265 g/mol. The monoisotopic (exact) mass is 287 g/mol. The smallest absolute Gasteiger partial charge is 0.128 e. The van der Waals surface area contributed by atoms with Crippen molar-refractivity contribution in [3.63, 3.8) is 0 Å². The standard InChI is InChI=1S/C18H22FNO/c1-5-18(20,14-8-6-7-9-15(14)19)17-13(3)10-12(2)11-16(17)21-4/h6-11H,5,20H2,1-4H3. The van der Waals surface area contributed by atoms with Crippen molar-refractivity contribution < 1.29 is 9.13 Å². The van der Waals surface area contributed by atoms with Gasteiger partial charge in [0.1, 0.15) is 11.6 Å². The van der Waals surface area contributed by atoms with E-state index in [2.05, 4.69) is 6.07 Å². The second-order valence-corrected chi connectivity index (χ2v) is 5.46. The Morgan fingerprint density at radius 1 is 1.19 bits per heavy atom. The zero-order chi connectivity index (χ0) is 15.6. The first-order chi connectivity index (χ1) is 9.93. The van der Waals surface area contributed by atoms with Gasteiger partial charge in [0, 0.05) is 11.1 Å². The zero-order valence-electron chi connectivity index (χ0n) is 13.0. The summed E-state index contributed by atoms with van der Waals surface area (Å²) in [6.07, 6.45) is 0.578. The van der Waals surface area contributed by atoms with Crippen LogP contribution in [-0.4, -0.2) is 7.11 Å². The van der Waals surface area contributed by atoms with Crippen molar-refractivity contribution in [1.29, 1.82) is 0 Å². The molecule has 2 aromatic rings. The van der Waals surface area contributed by atoms with E-state index in [-0.39, 0.29) is 5.82 Å². The molecule has 3 heteroatoms. The summed E-state index contributed by atoms with van der Waals surface area (Å²) in [5, 5.41) is 0. The average Bonchev–Trinajstić information content (AvgIpc) is 2.46. The van der Waals surface area contributed by atoms with E-state index in [1.165, 1.54) is 6.07 Å². The Kier molecular flexibility index (Phi) is 4.33. The van der Waals surface area contributed by atoms with Gasteiger partial charge in [-0.1, -0.05) is 31.2 Å². The van der Waals surface area contributed by atoms with Crippen LogP contribution in [0.1, 0.15) is 35.6 Å². The van der Waals surface area contributed by atoms with Crippen LogP contribution in [0.25, 0.3) is 0 Å². The van der Waals surface area contributed by atoms with Crippen molar-refractivity contribution in [1.82, 2.24) is 0 Å².